The minimum atomic E-state index is -0.295. The molecule has 3 aromatic carbocycles. The second-order valence-corrected chi connectivity index (χ2v) is 7.08. The number of ether oxygens (including phenoxy) is 2. The average Bonchev–Trinajstić information content (AvgIpc) is 2.76. The van der Waals surface area contributed by atoms with Crippen molar-refractivity contribution in [1.29, 1.82) is 0 Å². The van der Waals surface area contributed by atoms with Gasteiger partial charge in [0.2, 0.25) is 0 Å². The van der Waals surface area contributed by atoms with E-state index in [1.54, 1.807) is 42.6 Å². The first kappa shape index (κ1) is 21.7. The minimum absolute atomic E-state index is 0.295. The molecule has 30 heavy (non-hydrogen) atoms. The predicted molar refractivity (Wildman–Crippen MR) is 120 cm³/mol. The summed E-state index contributed by atoms with van der Waals surface area (Å²) in [6.45, 7) is 2.86. The van der Waals surface area contributed by atoms with E-state index in [1.807, 2.05) is 37.3 Å². The van der Waals surface area contributed by atoms with Gasteiger partial charge in [-0.15, -0.1) is 0 Å². The van der Waals surface area contributed by atoms with E-state index in [2.05, 4.69) is 10.5 Å². The highest BCUT2D eigenvalue weighted by Gasteiger charge is 2.04. The number of carbonyl (C=O) groups is 1. The fraction of sp³-hybridized carbons (Fsp3) is 0.130. The van der Waals surface area contributed by atoms with E-state index in [1.165, 1.54) is 0 Å². The van der Waals surface area contributed by atoms with E-state index >= 15 is 0 Å². The van der Waals surface area contributed by atoms with E-state index in [4.69, 9.17) is 32.7 Å². The molecule has 1 amide bonds. The zero-order valence-corrected chi connectivity index (χ0v) is 17.8. The molecule has 0 bridgehead atoms. The van der Waals surface area contributed by atoms with Crippen LogP contribution in [0.2, 0.25) is 10.0 Å². The molecule has 7 heteroatoms. The van der Waals surface area contributed by atoms with E-state index in [-0.39, 0.29) is 5.91 Å². The van der Waals surface area contributed by atoms with Crippen LogP contribution in [0.5, 0.6) is 11.5 Å². The second-order valence-electron chi connectivity index (χ2n) is 6.26. The molecule has 5 nitrogen and oxygen atoms in total. The van der Waals surface area contributed by atoms with Crippen molar-refractivity contribution in [3.63, 3.8) is 0 Å². The molecular formula is C23H20Cl2N2O3. The Kier molecular flexibility index (Phi) is 7.71. The van der Waals surface area contributed by atoms with Crippen molar-refractivity contribution < 1.29 is 14.3 Å². The lowest BCUT2D eigenvalue weighted by molar-refractivity contribution is 0.0955. The molecule has 0 fully saturated rings. The first-order valence-electron chi connectivity index (χ1n) is 9.28. The minimum Gasteiger partial charge on any atom is -0.494 e. The fourth-order valence-electron chi connectivity index (χ4n) is 2.55. The molecule has 0 aliphatic rings. The molecule has 0 spiro atoms. The van der Waals surface area contributed by atoms with Crippen LogP contribution in [0.1, 0.15) is 28.4 Å². The molecule has 3 aromatic rings. The van der Waals surface area contributed by atoms with Gasteiger partial charge in [0.05, 0.1) is 22.9 Å². The summed E-state index contributed by atoms with van der Waals surface area (Å²) < 4.78 is 11.1. The van der Waals surface area contributed by atoms with Gasteiger partial charge in [-0.3, -0.25) is 4.79 Å². The molecule has 0 radical (unpaired) electrons. The third kappa shape index (κ3) is 6.24. The number of benzene rings is 3. The van der Waals surface area contributed by atoms with Crippen molar-refractivity contribution in [2.24, 2.45) is 5.10 Å². The van der Waals surface area contributed by atoms with Crippen LogP contribution in [0.3, 0.4) is 0 Å². The van der Waals surface area contributed by atoms with Crippen LogP contribution in [0, 0.1) is 0 Å². The van der Waals surface area contributed by atoms with Gasteiger partial charge in [-0.05, 0) is 78.7 Å². The molecule has 3 rings (SSSR count). The Labute approximate surface area is 185 Å². The van der Waals surface area contributed by atoms with Crippen LogP contribution in [-0.2, 0) is 6.61 Å². The molecule has 1 N–H and O–H groups in total. The van der Waals surface area contributed by atoms with Gasteiger partial charge in [0.1, 0.15) is 18.1 Å². The number of nitrogens with one attached hydrogen (secondary N) is 1. The summed E-state index contributed by atoms with van der Waals surface area (Å²) in [5.74, 6) is 1.13. The largest absolute Gasteiger partial charge is 0.494 e. The van der Waals surface area contributed by atoms with Gasteiger partial charge in [0.15, 0.2) is 0 Å². The highest BCUT2D eigenvalue weighted by atomic mass is 35.5. The number of amides is 1. The summed E-state index contributed by atoms with van der Waals surface area (Å²) in [5, 5.41) is 5.00. The molecule has 0 unspecified atom stereocenters. The van der Waals surface area contributed by atoms with Crippen molar-refractivity contribution >= 4 is 35.3 Å². The predicted octanol–water partition coefficient (Wildman–Crippen LogP) is 5.74. The smallest absolute Gasteiger partial charge is 0.271 e. The summed E-state index contributed by atoms with van der Waals surface area (Å²) >= 11 is 11.9. The molecule has 0 heterocycles. The molecule has 154 valence electrons. The van der Waals surface area contributed by atoms with Crippen molar-refractivity contribution in [2.45, 2.75) is 13.5 Å². The molecule has 0 aromatic heterocycles. The Morgan fingerprint density at radius 1 is 0.933 bits per heavy atom. The Morgan fingerprint density at radius 3 is 2.27 bits per heavy atom. The number of halogens is 2. The van der Waals surface area contributed by atoms with Gasteiger partial charge in [0, 0.05) is 5.56 Å². The normalized spacial score (nSPS) is 10.8. The average molecular weight is 443 g/mol. The molecule has 0 atom stereocenters. The van der Waals surface area contributed by atoms with Crippen molar-refractivity contribution in [3.8, 4) is 11.5 Å². The lowest BCUT2D eigenvalue weighted by Crippen LogP contribution is -2.17. The van der Waals surface area contributed by atoms with Gasteiger partial charge in [0.25, 0.3) is 5.91 Å². The van der Waals surface area contributed by atoms with E-state index in [0.29, 0.717) is 34.6 Å². The highest BCUT2D eigenvalue weighted by Crippen LogP contribution is 2.23. The number of nitrogens with zero attached hydrogens (tertiary/aromatic N) is 1. The number of hydrazone groups is 1. The third-order valence-electron chi connectivity index (χ3n) is 4.08. The van der Waals surface area contributed by atoms with Gasteiger partial charge < -0.3 is 9.47 Å². The maximum absolute atomic E-state index is 12.1. The van der Waals surface area contributed by atoms with Gasteiger partial charge in [-0.1, -0.05) is 29.3 Å². The third-order valence-corrected chi connectivity index (χ3v) is 4.82. The SMILES string of the molecule is CCOc1ccc(C(=O)N/N=C/c2ccc(OCc3ccc(Cl)c(Cl)c3)cc2)cc1. The summed E-state index contributed by atoms with van der Waals surface area (Å²) in [6, 6.07) is 19.6. The van der Waals surface area contributed by atoms with E-state index < -0.39 is 0 Å². The number of carbonyl (C=O) groups excluding carboxylic acids is 1. The van der Waals surface area contributed by atoms with Crippen LogP contribution in [0.4, 0.5) is 0 Å². The van der Waals surface area contributed by atoms with Crippen LogP contribution < -0.4 is 14.9 Å². The Bertz CT molecular complexity index is 1020. The molecule has 0 aliphatic heterocycles. The van der Waals surface area contributed by atoms with E-state index in [0.717, 1.165) is 16.9 Å². The molecule has 0 aliphatic carbocycles. The summed E-state index contributed by atoms with van der Waals surface area (Å²) in [4.78, 5) is 12.1. The Hall–Kier alpha value is -3.02. The summed E-state index contributed by atoms with van der Waals surface area (Å²) in [6.07, 6.45) is 1.56. The fourth-order valence-corrected chi connectivity index (χ4v) is 2.87. The second kappa shape index (κ2) is 10.7. The Balaban J connectivity index is 1.50. The molecular weight excluding hydrogens is 423 g/mol. The van der Waals surface area contributed by atoms with Gasteiger partial charge >= 0.3 is 0 Å². The topological polar surface area (TPSA) is 59.9 Å². The lowest BCUT2D eigenvalue weighted by Gasteiger charge is -2.07. The Morgan fingerprint density at radius 2 is 1.60 bits per heavy atom. The summed E-state index contributed by atoms with van der Waals surface area (Å²) in [5.41, 5.74) is 4.75. The zero-order valence-electron chi connectivity index (χ0n) is 16.3. The maximum Gasteiger partial charge on any atom is 0.271 e. The number of hydrogen-bond donors (Lipinski definition) is 1. The molecule has 0 saturated heterocycles. The van der Waals surface area contributed by atoms with Crippen molar-refractivity contribution in [2.75, 3.05) is 6.61 Å². The quantitative estimate of drug-likeness (QED) is 0.357. The first-order valence-corrected chi connectivity index (χ1v) is 10.0. The van der Waals surface area contributed by atoms with Crippen LogP contribution in [-0.4, -0.2) is 18.7 Å². The van der Waals surface area contributed by atoms with E-state index in [9.17, 15) is 4.79 Å². The number of rotatable bonds is 8. The first-order chi connectivity index (χ1) is 14.5. The summed E-state index contributed by atoms with van der Waals surface area (Å²) in [7, 11) is 0. The van der Waals surface area contributed by atoms with Crippen LogP contribution in [0.25, 0.3) is 0 Å². The zero-order chi connectivity index (χ0) is 21.3. The number of hydrogen-bond acceptors (Lipinski definition) is 4. The van der Waals surface area contributed by atoms with Crippen LogP contribution in [0.15, 0.2) is 71.8 Å². The maximum atomic E-state index is 12.1. The van der Waals surface area contributed by atoms with Gasteiger partial charge in [-0.2, -0.15) is 5.10 Å². The monoisotopic (exact) mass is 442 g/mol. The van der Waals surface area contributed by atoms with Gasteiger partial charge in [-0.25, -0.2) is 5.43 Å². The molecule has 0 saturated carbocycles. The van der Waals surface area contributed by atoms with Crippen molar-refractivity contribution in [3.05, 3.63) is 93.5 Å². The standard InChI is InChI=1S/C23H20Cl2N2O3/c1-2-29-19-10-6-18(7-11-19)23(28)27-26-14-16-3-8-20(9-4-16)30-15-17-5-12-21(24)22(25)13-17/h3-14H,2,15H2,1H3,(H,27,28)/b26-14+. The van der Waals surface area contributed by atoms with Crippen LogP contribution >= 0.6 is 23.2 Å². The highest BCUT2D eigenvalue weighted by molar-refractivity contribution is 6.42. The lowest BCUT2D eigenvalue weighted by atomic mass is 10.2. The van der Waals surface area contributed by atoms with Crippen molar-refractivity contribution in [1.82, 2.24) is 5.43 Å².